The van der Waals surface area contributed by atoms with E-state index in [1.54, 1.807) is 11.3 Å². The van der Waals surface area contributed by atoms with Crippen molar-refractivity contribution >= 4 is 11.3 Å². The maximum atomic E-state index is 9.69. The summed E-state index contributed by atoms with van der Waals surface area (Å²) in [6, 6.07) is 4.58. The molecule has 0 saturated carbocycles. The van der Waals surface area contributed by atoms with Gasteiger partial charge in [-0.05, 0) is 38.6 Å². The second-order valence-corrected chi connectivity index (χ2v) is 5.66. The number of hydrogen-bond acceptors (Lipinski definition) is 4. The Bertz CT molecular complexity index is 288. The average Bonchev–Trinajstić information content (AvgIpc) is 2.76. The van der Waals surface area contributed by atoms with Crippen molar-refractivity contribution in [2.24, 2.45) is 0 Å². The van der Waals surface area contributed by atoms with Crippen LogP contribution < -0.4 is 5.32 Å². The Morgan fingerprint density at radius 2 is 2.18 bits per heavy atom. The Hall–Kier alpha value is -0.420. The van der Waals surface area contributed by atoms with Crippen molar-refractivity contribution in [3.8, 4) is 0 Å². The van der Waals surface area contributed by atoms with E-state index in [4.69, 9.17) is 4.74 Å². The Morgan fingerprint density at radius 3 is 2.76 bits per heavy atom. The van der Waals surface area contributed by atoms with Crippen LogP contribution in [-0.2, 0) is 11.2 Å². The van der Waals surface area contributed by atoms with Crippen molar-refractivity contribution < 1.29 is 9.84 Å². The van der Waals surface area contributed by atoms with Crippen LogP contribution in [0.5, 0.6) is 0 Å². The molecule has 2 unspecified atom stereocenters. The molecule has 0 spiro atoms. The van der Waals surface area contributed by atoms with Gasteiger partial charge < -0.3 is 15.2 Å². The molecule has 3 nitrogen and oxygen atoms in total. The number of thiophene rings is 1. The first-order valence-corrected chi connectivity index (χ1v) is 7.01. The third-order valence-electron chi connectivity index (χ3n) is 2.41. The summed E-state index contributed by atoms with van der Waals surface area (Å²) in [4.78, 5) is 1.37. The van der Waals surface area contributed by atoms with Crippen molar-refractivity contribution in [2.45, 2.75) is 45.4 Å². The first-order valence-electron chi connectivity index (χ1n) is 6.13. The molecule has 0 aliphatic carbocycles. The lowest BCUT2D eigenvalue weighted by Crippen LogP contribution is -2.37. The lowest BCUT2D eigenvalue weighted by Gasteiger charge is -2.17. The van der Waals surface area contributed by atoms with E-state index < -0.39 is 6.10 Å². The standard InChI is InChI=1S/C13H23NO2S/c1-10(2)16-9-12(15)8-14-11(3)7-13-5-4-6-17-13/h4-6,10-12,14-15H,7-9H2,1-3H3. The summed E-state index contributed by atoms with van der Waals surface area (Å²) in [6.07, 6.45) is 0.756. The van der Waals surface area contributed by atoms with E-state index >= 15 is 0 Å². The van der Waals surface area contributed by atoms with Crippen LogP contribution in [-0.4, -0.2) is 36.5 Å². The summed E-state index contributed by atoms with van der Waals surface area (Å²) in [5, 5.41) is 15.1. The predicted molar refractivity (Wildman–Crippen MR) is 72.6 cm³/mol. The first-order chi connectivity index (χ1) is 8.08. The Balaban J connectivity index is 2.12. The summed E-state index contributed by atoms with van der Waals surface area (Å²) in [5.74, 6) is 0. The molecular weight excluding hydrogens is 234 g/mol. The molecule has 1 aromatic heterocycles. The molecule has 0 amide bonds. The van der Waals surface area contributed by atoms with Crippen molar-refractivity contribution in [1.82, 2.24) is 5.32 Å². The Kier molecular flexibility index (Phi) is 6.73. The second-order valence-electron chi connectivity index (χ2n) is 4.63. The van der Waals surface area contributed by atoms with E-state index in [1.807, 2.05) is 13.8 Å². The van der Waals surface area contributed by atoms with Crippen molar-refractivity contribution in [3.63, 3.8) is 0 Å². The molecule has 1 aromatic rings. The SMILES string of the molecule is CC(Cc1cccs1)NCC(O)COC(C)C. The van der Waals surface area contributed by atoms with Crippen LogP contribution in [0.2, 0.25) is 0 Å². The summed E-state index contributed by atoms with van der Waals surface area (Å²) < 4.78 is 5.35. The maximum Gasteiger partial charge on any atom is 0.0897 e. The van der Waals surface area contributed by atoms with E-state index in [-0.39, 0.29) is 6.10 Å². The zero-order valence-corrected chi connectivity index (χ0v) is 11.7. The highest BCUT2D eigenvalue weighted by Crippen LogP contribution is 2.10. The van der Waals surface area contributed by atoms with Crippen LogP contribution in [0, 0.1) is 0 Å². The molecule has 0 bridgehead atoms. The van der Waals surface area contributed by atoms with E-state index in [0.717, 1.165) is 6.42 Å². The molecule has 4 heteroatoms. The third kappa shape index (κ3) is 6.78. The first kappa shape index (κ1) is 14.6. The van der Waals surface area contributed by atoms with Crippen LogP contribution in [0.15, 0.2) is 17.5 Å². The number of aliphatic hydroxyl groups excluding tert-OH is 1. The molecule has 0 aromatic carbocycles. The molecule has 2 N–H and O–H groups in total. The highest BCUT2D eigenvalue weighted by atomic mass is 32.1. The van der Waals surface area contributed by atoms with Crippen LogP contribution >= 0.6 is 11.3 Å². The smallest absolute Gasteiger partial charge is 0.0897 e. The number of rotatable bonds is 8. The van der Waals surface area contributed by atoms with Crippen molar-refractivity contribution in [3.05, 3.63) is 22.4 Å². The molecule has 17 heavy (non-hydrogen) atoms. The number of ether oxygens (including phenoxy) is 1. The van der Waals surface area contributed by atoms with Gasteiger partial charge in [-0.25, -0.2) is 0 Å². The summed E-state index contributed by atoms with van der Waals surface area (Å²) in [6.45, 7) is 7.06. The zero-order valence-electron chi connectivity index (χ0n) is 10.8. The van der Waals surface area contributed by atoms with Gasteiger partial charge in [0.1, 0.15) is 0 Å². The molecular formula is C13H23NO2S. The van der Waals surface area contributed by atoms with Gasteiger partial charge in [-0.1, -0.05) is 6.07 Å². The van der Waals surface area contributed by atoms with E-state index in [2.05, 4.69) is 29.8 Å². The predicted octanol–water partition coefficient (Wildman–Crippen LogP) is 2.05. The molecule has 0 aliphatic heterocycles. The van der Waals surface area contributed by atoms with Gasteiger partial charge in [-0.3, -0.25) is 0 Å². The molecule has 0 aliphatic rings. The van der Waals surface area contributed by atoms with Crippen LogP contribution in [0.3, 0.4) is 0 Å². The largest absolute Gasteiger partial charge is 0.389 e. The average molecular weight is 257 g/mol. The van der Waals surface area contributed by atoms with Gasteiger partial charge in [-0.15, -0.1) is 11.3 Å². The number of aliphatic hydroxyl groups is 1. The van der Waals surface area contributed by atoms with Gasteiger partial charge in [0.2, 0.25) is 0 Å². The highest BCUT2D eigenvalue weighted by molar-refractivity contribution is 7.09. The zero-order chi connectivity index (χ0) is 12.7. The number of hydrogen-bond donors (Lipinski definition) is 2. The van der Waals surface area contributed by atoms with Gasteiger partial charge in [0.05, 0.1) is 18.8 Å². The molecule has 98 valence electrons. The normalized spacial score (nSPS) is 15.1. The van der Waals surface area contributed by atoms with Gasteiger partial charge in [-0.2, -0.15) is 0 Å². The van der Waals surface area contributed by atoms with Gasteiger partial charge in [0.25, 0.3) is 0 Å². The highest BCUT2D eigenvalue weighted by Gasteiger charge is 2.09. The Morgan fingerprint density at radius 1 is 1.41 bits per heavy atom. The van der Waals surface area contributed by atoms with Gasteiger partial charge in [0.15, 0.2) is 0 Å². The lowest BCUT2D eigenvalue weighted by molar-refractivity contribution is 0.00564. The summed E-state index contributed by atoms with van der Waals surface area (Å²) in [7, 11) is 0. The number of nitrogens with one attached hydrogen (secondary N) is 1. The quantitative estimate of drug-likeness (QED) is 0.749. The van der Waals surface area contributed by atoms with Crippen molar-refractivity contribution in [1.29, 1.82) is 0 Å². The minimum Gasteiger partial charge on any atom is -0.389 e. The van der Waals surface area contributed by atoms with E-state index in [0.29, 0.717) is 19.2 Å². The van der Waals surface area contributed by atoms with Gasteiger partial charge in [0, 0.05) is 17.5 Å². The lowest BCUT2D eigenvalue weighted by atomic mass is 10.2. The third-order valence-corrected chi connectivity index (χ3v) is 3.31. The molecule has 0 radical (unpaired) electrons. The molecule has 0 saturated heterocycles. The van der Waals surface area contributed by atoms with Gasteiger partial charge >= 0.3 is 0 Å². The molecule has 0 fully saturated rings. The maximum absolute atomic E-state index is 9.69. The molecule has 1 heterocycles. The Labute approximate surface area is 108 Å². The molecule has 2 atom stereocenters. The van der Waals surface area contributed by atoms with Crippen molar-refractivity contribution in [2.75, 3.05) is 13.2 Å². The fourth-order valence-electron chi connectivity index (χ4n) is 1.50. The minimum absolute atomic E-state index is 0.174. The minimum atomic E-state index is -0.428. The topological polar surface area (TPSA) is 41.5 Å². The second kappa shape index (κ2) is 7.82. The summed E-state index contributed by atoms with van der Waals surface area (Å²) >= 11 is 1.77. The fourth-order valence-corrected chi connectivity index (χ4v) is 2.34. The fraction of sp³-hybridized carbons (Fsp3) is 0.692. The monoisotopic (exact) mass is 257 g/mol. The van der Waals surface area contributed by atoms with Crippen LogP contribution in [0.1, 0.15) is 25.6 Å². The molecule has 1 rings (SSSR count). The van der Waals surface area contributed by atoms with Crippen LogP contribution in [0.25, 0.3) is 0 Å². The van der Waals surface area contributed by atoms with E-state index in [1.165, 1.54) is 4.88 Å². The summed E-state index contributed by atoms with van der Waals surface area (Å²) in [5.41, 5.74) is 0. The van der Waals surface area contributed by atoms with E-state index in [9.17, 15) is 5.11 Å². The van der Waals surface area contributed by atoms with Crippen LogP contribution in [0.4, 0.5) is 0 Å².